The summed E-state index contributed by atoms with van der Waals surface area (Å²) in [4.78, 5) is 22.2. The second-order valence-electron chi connectivity index (χ2n) is 6.88. The fourth-order valence-corrected chi connectivity index (χ4v) is 3.07. The number of anilines is 2. The molecule has 0 aliphatic heterocycles. The van der Waals surface area contributed by atoms with Crippen LogP contribution in [0.2, 0.25) is 10.3 Å². The molecule has 1 heterocycles. The predicted molar refractivity (Wildman–Crippen MR) is 134 cm³/mol. The van der Waals surface area contributed by atoms with Crippen LogP contribution in [-0.2, 0) is 6.18 Å². The lowest BCUT2D eigenvalue weighted by molar-refractivity contribution is -0.385. The number of benzene rings is 2. The van der Waals surface area contributed by atoms with Crippen molar-refractivity contribution < 1.29 is 27.6 Å². The summed E-state index contributed by atoms with van der Waals surface area (Å²) in [5.41, 5.74) is -1.15. The lowest BCUT2D eigenvalue weighted by atomic mass is 10.2. The highest BCUT2D eigenvalue weighted by Crippen LogP contribution is 2.38. The second-order valence-corrected chi connectivity index (χ2v) is 7.62. The van der Waals surface area contributed by atoms with Gasteiger partial charge in [0, 0.05) is 25.2 Å². The third kappa shape index (κ3) is 9.10. The van der Waals surface area contributed by atoms with E-state index in [-0.39, 0.29) is 39.8 Å². The number of hydrogen-bond donors (Lipinski definition) is 2. The molecule has 200 valence electrons. The van der Waals surface area contributed by atoms with Crippen LogP contribution in [0, 0.1) is 10.1 Å². The molecule has 37 heavy (non-hydrogen) atoms. The van der Waals surface area contributed by atoms with Gasteiger partial charge in [0.1, 0.15) is 11.5 Å². The minimum atomic E-state index is -4.52. The predicted octanol–water partition coefficient (Wildman–Crippen LogP) is 6.85. The molecule has 3 rings (SSSR count). The van der Waals surface area contributed by atoms with Gasteiger partial charge < -0.3 is 20.1 Å². The van der Waals surface area contributed by atoms with Gasteiger partial charge in [0.25, 0.3) is 0 Å². The number of alkyl halides is 3. The van der Waals surface area contributed by atoms with E-state index in [1.165, 1.54) is 18.2 Å². The highest BCUT2D eigenvalue weighted by molar-refractivity contribution is 6.32. The van der Waals surface area contributed by atoms with Crippen LogP contribution < -0.4 is 20.1 Å². The molecule has 0 amide bonds. The Labute approximate surface area is 220 Å². The van der Waals surface area contributed by atoms with Crippen molar-refractivity contribution in [3.05, 3.63) is 62.4 Å². The van der Waals surface area contributed by atoms with Crippen molar-refractivity contribution in [3.8, 4) is 17.2 Å². The normalized spacial score (nSPS) is 10.7. The number of rotatable bonds is 9. The molecule has 0 spiro atoms. The molecule has 0 bridgehead atoms. The summed E-state index contributed by atoms with van der Waals surface area (Å²) in [6, 6.07) is 6.40. The molecule has 15 heteroatoms. The molecule has 2 N–H and O–H groups in total. The highest BCUT2D eigenvalue weighted by Gasteiger charge is 2.31. The van der Waals surface area contributed by atoms with Gasteiger partial charge in [0.15, 0.2) is 0 Å². The fraction of sp³-hybridized carbons (Fsp3) is 0.318. The first-order valence-electron chi connectivity index (χ1n) is 10.8. The number of nitrogens with one attached hydrogen (secondary N) is 2. The Balaban J connectivity index is 0.000000312. The number of hydrogen-bond acceptors (Lipinski definition) is 9. The Morgan fingerprint density at radius 3 is 2.05 bits per heavy atom. The van der Waals surface area contributed by atoms with E-state index < -0.39 is 16.7 Å². The summed E-state index contributed by atoms with van der Waals surface area (Å²) < 4.78 is 48.4. The number of nitro benzene ring substituents is 1. The maximum atomic E-state index is 12.6. The number of aromatic nitrogens is 3. The van der Waals surface area contributed by atoms with Gasteiger partial charge in [-0.05, 0) is 56.6 Å². The number of halogens is 5. The van der Waals surface area contributed by atoms with Gasteiger partial charge in [0.2, 0.25) is 22.9 Å². The largest absolute Gasteiger partial charge is 0.487 e. The summed E-state index contributed by atoms with van der Waals surface area (Å²) in [6.45, 7) is 7.29. The first-order chi connectivity index (χ1) is 17.5. The van der Waals surface area contributed by atoms with Gasteiger partial charge in [-0.25, -0.2) is 0 Å². The molecule has 0 saturated heterocycles. The van der Waals surface area contributed by atoms with Gasteiger partial charge in [-0.1, -0.05) is 11.6 Å². The van der Waals surface area contributed by atoms with Crippen molar-refractivity contribution >= 4 is 40.8 Å². The van der Waals surface area contributed by atoms with E-state index in [9.17, 15) is 23.3 Å². The van der Waals surface area contributed by atoms with E-state index in [4.69, 9.17) is 32.7 Å². The van der Waals surface area contributed by atoms with E-state index in [2.05, 4.69) is 25.6 Å². The standard InChI is InChI=1S/C15H11ClF3NO4.C7H12ClN5/c1-2-23-14-8-10(4-5-12(14)20(21)22)24-13-6-3-9(7-11(13)16)15(17,18)19;1-3-9-6-11-5(8)12-7(13-6)10-4-2/h3-8H,2H2,1H3;3-4H2,1-2H3,(H2,9,10,11,12,13). The van der Waals surface area contributed by atoms with Crippen LogP contribution in [0.4, 0.5) is 30.8 Å². The topological polar surface area (TPSA) is 124 Å². The van der Waals surface area contributed by atoms with E-state index in [1.807, 2.05) is 13.8 Å². The Bertz CT molecular complexity index is 1190. The van der Waals surface area contributed by atoms with Crippen LogP contribution >= 0.6 is 23.2 Å². The van der Waals surface area contributed by atoms with Crippen LogP contribution in [-0.4, -0.2) is 39.6 Å². The lowest BCUT2D eigenvalue weighted by Crippen LogP contribution is -2.08. The number of nitrogens with zero attached hydrogens (tertiary/aromatic N) is 4. The molecule has 0 saturated carbocycles. The summed E-state index contributed by atoms with van der Waals surface area (Å²) in [6.07, 6.45) is -4.52. The molecular formula is C22H23Cl2F3N6O4. The molecule has 1 aromatic heterocycles. The van der Waals surface area contributed by atoms with Crippen LogP contribution in [0.5, 0.6) is 17.2 Å². The van der Waals surface area contributed by atoms with Crippen LogP contribution in [0.15, 0.2) is 36.4 Å². The quantitative estimate of drug-likeness (QED) is 0.213. The Hall–Kier alpha value is -3.58. The van der Waals surface area contributed by atoms with E-state index in [0.29, 0.717) is 11.9 Å². The van der Waals surface area contributed by atoms with Crippen molar-refractivity contribution in [1.29, 1.82) is 0 Å². The molecule has 0 radical (unpaired) electrons. The molecule has 0 fully saturated rings. The minimum Gasteiger partial charge on any atom is -0.487 e. The average molecular weight is 563 g/mol. The molecule has 0 aliphatic rings. The average Bonchev–Trinajstić information content (AvgIpc) is 2.80. The molecule has 3 aromatic rings. The molecule has 2 aromatic carbocycles. The van der Waals surface area contributed by atoms with Crippen LogP contribution in [0.1, 0.15) is 26.3 Å². The maximum Gasteiger partial charge on any atom is 0.416 e. The van der Waals surface area contributed by atoms with Gasteiger partial charge in [-0.15, -0.1) is 0 Å². The summed E-state index contributed by atoms with van der Waals surface area (Å²) >= 11 is 11.5. The second kappa shape index (κ2) is 13.7. The zero-order chi connectivity index (χ0) is 27.6. The van der Waals surface area contributed by atoms with Gasteiger partial charge in [-0.2, -0.15) is 28.1 Å². The Morgan fingerprint density at radius 1 is 0.946 bits per heavy atom. The molecule has 0 aliphatic carbocycles. The van der Waals surface area contributed by atoms with Crippen molar-refractivity contribution in [3.63, 3.8) is 0 Å². The third-order valence-corrected chi connectivity index (χ3v) is 4.66. The summed E-state index contributed by atoms with van der Waals surface area (Å²) in [7, 11) is 0. The lowest BCUT2D eigenvalue weighted by Gasteiger charge is -2.12. The molecular weight excluding hydrogens is 540 g/mol. The SMILES string of the molecule is CCNc1nc(Cl)nc(NCC)n1.CCOc1cc(Oc2ccc(C(F)(F)F)cc2Cl)ccc1[N+](=O)[O-]. The van der Waals surface area contributed by atoms with E-state index >= 15 is 0 Å². The van der Waals surface area contributed by atoms with Crippen molar-refractivity contribution in [1.82, 2.24) is 15.0 Å². The first-order valence-corrected chi connectivity index (χ1v) is 11.6. The van der Waals surface area contributed by atoms with E-state index in [0.717, 1.165) is 31.3 Å². The smallest absolute Gasteiger partial charge is 0.416 e. The zero-order valence-corrected chi connectivity index (χ0v) is 21.4. The summed E-state index contributed by atoms with van der Waals surface area (Å²) in [5, 5.41) is 16.8. The first kappa shape index (κ1) is 29.6. The maximum absolute atomic E-state index is 12.6. The monoisotopic (exact) mass is 562 g/mol. The van der Waals surface area contributed by atoms with Crippen LogP contribution in [0.3, 0.4) is 0 Å². The Morgan fingerprint density at radius 2 is 1.57 bits per heavy atom. The zero-order valence-electron chi connectivity index (χ0n) is 19.9. The molecule has 0 unspecified atom stereocenters. The van der Waals surface area contributed by atoms with Crippen molar-refractivity contribution in [2.45, 2.75) is 26.9 Å². The number of ether oxygens (including phenoxy) is 2. The fourth-order valence-electron chi connectivity index (χ4n) is 2.69. The highest BCUT2D eigenvalue weighted by atomic mass is 35.5. The van der Waals surface area contributed by atoms with E-state index in [1.54, 1.807) is 6.92 Å². The van der Waals surface area contributed by atoms with Gasteiger partial charge in [0.05, 0.1) is 22.1 Å². The van der Waals surface area contributed by atoms with Gasteiger partial charge in [-0.3, -0.25) is 10.1 Å². The van der Waals surface area contributed by atoms with Gasteiger partial charge >= 0.3 is 11.9 Å². The van der Waals surface area contributed by atoms with Crippen LogP contribution in [0.25, 0.3) is 0 Å². The molecule has 10 nitrogen and oxygen atoms in total. The third-order valence-electron chi connectivity index (χ3n) is 4.19. The minimum absolute atomic E-state index is 0.0111. The Kier molecular flexibility index (Phi) is 10.9. The van der Waals surface area contributed by atoms with Crippen molar-refractivity contribution in [2.75, 3.05) is 30.3 Å². The summed E-state index contributed by atoms with van der Waals surface area (Å²) in [5.74, 6) is 1.12. The van der Waals surface area contributed by atoms with Crippen molar-refractivity contribution in [2.24, 2.45) is 0 Å². The molecule has 0 atom stereocenters. The number of nitro groups is 1.